The number of carbonyl (C=O) groups is 1. The first-order valence-corrected chi connectivity index (χ1v) is 5.25. The summed E-state index contributed by atoms with van der Waals surface area (Å²) in [5, 5.41) is 9.01. The largest absolute Gasteiger partial charge is 0.481 e. The molecule has 0 saturated heterocycles. The van der Waals surface area contributed by atoms with Crippen LogP contribution in [0.5, 0.6) is 0 Å². The number of rotatable bonds is 2. The first-order valence-electron chi connectivity index (χ1n) is 5.25. The van der Waals surface area contributed by atoms with Crippen LogP contribution in [0.4, 0.5) is 0 Å². The molecule has 1 aliphatic rings. The lowest BCUT2D eigenvalue weighted by molar-refractivity contribution is -0.145. The summed E-state index contributed by atoms with van der Waals surface area (Å²) in [6.07, 6.45) is 3.18. The molecular weight excluding hydrogens is 164 g/mol. The van der Waals surface area contributed by atoms with Gasteiger partial charge in [0.2, 0.25) is 0 Å². The van der Waals surface area contributed by atoms with Crippen molar-refractivity contribution in [3.63, 3.8) is 0 Å². The van der Waals surface area contributed by atoms with Crippen molar-refractivity contribution >= 4 is 5.97 Å². The summed E-state index contributed by atoms with van der Waals surface area (Å²) in [7, 11) is 0. The summed E-state index contributed by atoms with van der Waals surface area (Å²) in [6, 6.07) is 0. The maximum absolute atomic E-state index is 10.9. The molecule has 0 amide bonds. The monoisotopic (exact) mass is 184 g/mol. The Bertz CT molecular complexity index is 187. The van der Waals surface area contributed by atoms with Gasteiger partial charge >= 0.3 is 5.97 Å². The highest BCUT2D eigenvalue weighted by atomic mass is 16.4. The molecule has 2 nitrogen and oxygen atoms in total. The van der Waals surface area contributed by atoms with Gasteiger partial charge in [0, 0.05) is 0 Å². The van der Waals surface area contributed by atoms with Crippen LogP contribution in [0.1, 0.15) is 40.0 Å². The van der Waals surface area contributed by atoms with Crippen molar-refractivity contribution in [2.75, 3.05) is 0 Å². The predicted octanol–water partition coefficient (Wildman–Crippen LogP) is 2.78. The lowest BCUT2D eigenvalue weighted by atomic mass is 9.71. The Morgan fingerprint density at radius 1 is 1.38 bits per heavy atom. The van der Waals surface area contributed by atoms with Crippen LogP contribution in [0.2, 0.25) is 0 Å². The lowest BCUT2D eigenvalue weighted by Crippen LogP contribution is -2.31. The molecule has 0 radical (unpaired) electrons. The van der Waals surface area contributed by atoms with Gasteiger partial charge in [0.15, 0.2) is 0 Å². The molecule has 1 N–H and O–H groups in total. The molecule has 1 fully saturated rings. The minimum absolute atomic E-state index is 0.0962. The summed E-state index contributed by atoms with van der Waals surface area (Å²) in [6.45, 7) is 6.45. The Morgan fingerprint density at radius 2 is 2.00 bits per heavy atom. The molecule has 2 heteroatoms. The quantitative estimate of drug-likeness (QED) is 0.716. The number of carboxylic acids is 1. The standard InChI is InChI=1S/C11H20O2/c1-7(2)9-5-4-8(3)10(6-9)11(12)13/h7-10H,4-6H2,1-3H3,(H,12,13)/t8-,9-,10-/m0/s1. The van der Waals surface area contributed by atoms with Crippen LogP contribution in [-0.4, -0.2) is 11.1 Å². The van der Waals surface area contributed by atoms with E-state index in [1.54, 1.807) is 0 Å². The second kappa shape index (κ2) is 4.12. The topological polar surface area (TPSA) is 37.3 Å². The summed E-state index contributed by atoms with van der Waals surface area (Å²) in [5.74, 6) is 0.929. The van der Waals surface area contributed by atoms with Gasteiger partial charge in [-0.3, -0.25) is 4.79 Å². The molecule has 0 aliphatic heterocycles. The molecule has 0 spiro atoms. The van der Waals surface area contributed by atoms with Crippen LogP contribution in [0.15, 0.2) is 0 Å². The van der Waals surface area contributed by atoms with E-state index < -0.39 is 5.97 Å². The van der Waals surface area contributed by atoms with Crippen molar-refractivity contribution in [3.8, 4) is 0 Å². The van der Waals surface area contributed by atoms with E-state index in [0.717, 1.165) is 12.8 Å². The minimum Gasteiger partial charge on any atom is -0.481 e. The molecule has 1 saturated carbocycles. The first kappa shape index (κ1) is 10.6. The maximum Gasteiger partial charge on any atom is 0.306 e. The van der Waals surface area contributed by atoms with E-state index >= 15 is 0 Å². The second-order valence-electron chi connectivity index (χ2n) is 4.74. The fourth-order valence-electron chi connectivity index (χ4n) is 2.30. The SMILES string of the molecule is CC(C)[C@H]1CC[C@H](C)[C@@H](C(=O)O)C1. The number of aliphatic carboxylic acids is 1. The zero-order valence-corrected chi connectivity index (χ0v) is 8.79. The molecule has 0 aromatic rings. The van der Waals surface area contributed by atoms with E-state index in [4.69, 9.17) is 5.11 Å². The molecule has 0 unspecified atom stereocenters. The van der Waals surface area contributed by atoms with E-state index in [0.29, 0.717) is 17.8 Å². The molecule has 0 aromatic carbocycles. The summed E-state index contributed by atoms with van der Waals surface area (Å²) in [5.41, 5.74) is 0. The zero-order chi connectivity index (χ0) is 10.0. The van der Waals surface area contributed by atoms with Crippen molar-refractivity contribution in [1.82, 2.24) is 0 Å². The van der Waals surface area contributed by atoms with Gasteiger partial charge in [-0.2, -0.15) is 0 Å². The average molecular weight is 184 g/mol. The van der Waals surface area contributed by atoms with Crippen molar-refractivity contribution in [3.05, 3.63) is 0 Å². The second-order valence-corrected chi connectivity index (χ2v) is 4.74. The Hall–Kier alpha value is -0.530. The summed E-state index contributed by atoms with van der Waals surface area (Å²) < 4.78 is 0. The van der Waals surface area contributed by atoms with Gasteiger partial charge in [-0.1, -0.05) is 20.8 Å². The molecule has 76 valence electrons. The van der Waals surface area contributed by atoms with Gasteiger partial charge < -0.3 is 5.11 Å². The molecule has 0 aromatic heterocycles. The fourth-order valence-corrected chi connectivity index (χ4v) is 2.30. The first-order chi connectivity index (χ1) is 6.02. The zero-order valence-electron chi connectivity index (χ0n) is 8.79. The Labute approximate surface area is 80.3 Å². The van der Waals surface area contributed by atoms with Crippen LogP contribution in [0, 0.1) is 23.7 Å². The Balaban J connectivity index is 2.58. The summed E-state index contributed by atoms with van der Waals surface area (Å²) in [4.78, 5) is 10.9. The van der Waals surface area contributed by atoms with Gasteiger partial charge in [0.05, 0.1) is 5.92 Å². The van der Waals surface area contributed by atoms with Crippen LogP contribution in [0.25, 0.3) is 0 Å². The molecule has 3 atom stereocenters. The number of hydrogen-bond donors (Lipinski definition) is 1. The third-order valence-electron chi connectivity index (χ3n) is 3.50. The van der Waals surface area contributed by atoms with Gasteiger partial charge in [0.1, 0.15) is 0 Å². The van der Waals surface area contributed by atoms with Gasteiger partial charge in [0.25, 0.3) is 0 Å². The predicted molar refractivity (Wildman–Crippen MR) is 52.5 cm³/mol. The average Bonchev–Trinajstić information content (AvgIpc) is 2.04. The number of hydrogen-bond acceptors (Lipinski definition) is 1. The van der Waals surface area contributed by atoms with Crippen LogP contribution in [-0.2, 0) is 4.79 Å². The number of carboxylic acid groups (broad SMARTS) is 1. The van der Waals surface area contributed by atoms with E-state index in [2.05, 4.69) is 20.8 Å². The molecule has 13 heavy (non-hydrogen) atoms. The fraction of sp³-hybridized carbons (Fsp3) is 0.909. The van der Waals surface area contributed by atoms with Crippen molar-refractivity contribution in [2.24, 2.45) is 23.7 Å². The van der Waals surface area contributed by atoms with E-state index in [-0.39, 0.29) is 5.92 Å². The van der Waals surface area contributed by atoms with E-state index in [9.17, 15) is 4.79 Å². The molecule has 1 rings (SSSR count). The van der Waals surface area contributed by atoms with E-state index in [1.165, 1.54) is 6.42 Å². The Morgan fingerprint density at radius 3 is 2.46 bits per heavy atom. The van der Waals surface area contributed by atoms with Crippen molar-refractivity contribution in [2.45, 2.75) is 40.0 Å². The molecular formula is C11H20O2. The van der Waals surface area contributed by atoms with Crippen molar-refractivity contribution < 1.29 is 9.90 Å². The highest BCUT2D eigenvalue weighted by Gasteiger charge is 2.33. The maximum atomic E-state index is 10.9. The molecule has 0 heterocycles. The van der Waals surface area contributed by atoms with Crippen LogP contribution in [0.3, 0.4) is 0 Å². The highest BCUT2D eigenvalue weighted by Crippen LogP contribution is 2.37. The van der Waals surface area contributed by atoms with Gasteiger partial charge in [-0.15, -0.1) is 0 Å². The Kier molecular flexibility index (Phi) is 3.34. The van der Waals surface area contributed by atoms with E-state index in [1.807, 2.05) is 0 Å². The normalized spacial score (nSPS) is 34.9. The van der Waals surface area contributed by atoms with Gasteiger partial charge in [-0.05, 0) is 37.0 Å². The third-order valence-corrected chi connectivity index (χ3v) is 3.50. The molecule has 0 bridgehead atoms. The smallest absolute Gasteiger partial charge is 0.306 e. The summed E-state index contributed by atoms with van der Waals surface area (Å²) >= 11 is 0. The minimum atomic E-state index is -0.599. The van der Waals surface area contributed by atoms with Gasteiger partial charge in [-0.25, -0.2) is 0 Å². The van der Waals surface area contributed by atoms with Crippen LogP contribution >= 0.6 is 0 Å². The van der Waals surface area contributed by atoms with Crippen molar-refractivity contribution in [1.29, 1.82) is 0 Å². The molecule has 1 aliphatic carbocycles. The highest BCUT2D eigenvalue weighted by molar-refractivity contribution is 5.70. The lowest BCUT2D eigenvalue weighted by Gasteiger charge is -2.33. The van der Waals surface area contributed by atoms with Crippen LogP contribution < -0.4 is 0 Å². The third kappa shape index (κ3) is 2.45.